The molecule has 0 spiro atoms. The third kappa shape index (κ3) is 3.70. The molecule has 1 aliphatic heterocycles. The lowest BCUT2D eigenvalue weighted by Crippen LogP contribution is -2.51. The molecule has 0 N–H and O–H groups in total. The molecule has 3 aromatic rings. The van der Waals surface area contributed by atoms with Crippen molar-refractivity contribution in [3.8, 4) is 0 Å². The van der Waals surface area contributed by atoms with Gasteiger partial charge in [0.1, 0.15) is 10.6 Å². The maximum Gasteiger partial charge on any atom is 0.262 e. The molecule has 1 fully saturated rings. The third-order valence-electron chi connectivity index (χ3n) is 6.65. The molecule has 5 nitrogen and oxygen atoms in total. The molecule has 0 unspecified atom stereocenters. The summed E-state index contributed by atoms with van der Waals surface area (Å²) >= 11 is 1.69. The monoisotopic (exact) mass is 426 g/mol. The number of likely N-dealkylation sites (N-methyl/N-ethyl adjacent to an activating group) is 1. The molecule has 2 aromatic heterocycles. The van der Waals surface area contributed by atoms with Crippen LogP contribution in [0.1, 0.15) is 29.3 Å². The van der Waals surface area contributed by atoms with Gasteiger partial charge in [-0.25, -0.2) is 9.37 Å². The fraction of sp³-hybridized carbons (Fsp3) is 0.478. The van der Waals surface area contributed by atoms with Gasteiger partial charge in [-0.05, 0) is 49.1 Å². The largest absolute Gasteiger partial charge is 0.301 e. The molecule has 0 amide bonds. The highest BCUT2D eigenvalue weighted by molar-refractivity contribution is 7.18. The lowest BCUT2D eigenvalue weighted by molar-refractivity contribution is 0.0932. The number of nitrogens with zero attached hydrogens (tertiary/aromatic N) is 4. The summed E-state index contributed by atoms with van der Waals surface area (Å²) in [5.74, 6) is -0.266. The molecular formula is C23H27FN4OS. The normalized spacial score (nSPS) is 20.5. The van der Waals surface area contributed by atoms with Gasteiger partial charge in [0, 0.05) is 37.1 Å². The summed E-state index contributed by atoms with van der Waals surface area (Å²) in [6.45, 7) is 8.37. The Morgan fingerprint density at radius 1 is 1.17 bits per heavy atom. The van der Waals surface area contributed by atoms with E-state index in [1.54, 1.807) is 34.4 Å². The molecule has 2 aliphatic rings. The number of hydrogen-bond acceptors (Lipinski definition) is 5. The van der Waals surface area contributed by atoms with Crippen LogP contribution in [-0.4, -0.2) is 58.1 Å². The predicted octanol–water partition coefficient (Wildman–Crippen LogP) is 3.14. The quantitative estimate of drug-likeness (QED) is 0.643. The minimum absolute atomic E-state index is 0.0248. The number of hydrogen-bond donors (Lipinski definition) is 0. The Labute approximate surface area is 179 Å². The highest BCUT2D eigenvalue weighted by Gasteiger charge is 2.30. The maximum atomic E-state index is 13.2. The van der Waals surface area contributed by atoms with Crippen LogP contribution in [-0.2, 0) is 19.4 Å². The van der Waals surface area contributed by atoms with Crippen molar-refractivity contribution >= 4 is 21.6 Å². The topological polar surface area (TPSA) is 41.4 Å². The van der Waals surface area contributed by atoms with E-state index in [1.807, 2.05) is 0 Å². The Bertz CT molecular complexity index is 1100. The summed E-state index contributed by atoms with van der Waals surface area (Å²) in [6.07, 6.45) is 4.72. The first-order chi connectivity index (χ1) is 14.6. The van der Waals surface area contributed by atoms with Crippen LogP contribution in [0.15, 0.2) is 35.4 Å². The van der Waals surface area contributed by atoms with Crippen LogP contribution in [0, 0.1) is 5.82 Å². The van der Waals surface area contributed by atoms with Crippen LogP contribution in [0.2, 0.25) is 0 Å². The van der Waals surface area contributed by atoms with Gasteiger partial charge in [0.15, 0.2) is 0 Å². The highest BCUT2D eigenvalue weighted by atomic mass is 32.1. The van der Waals surface area contributed by atoms with Crippen LogP contribution in [0.3, 0.4) is 0 Å². The maximum absolute atomic E-state index is 13.2. The smallest absolute Gasteiger partial charge is 0.262 e. The van der Waals surface area contributed by atoms with E-state index in [1.165, 1.54) is 22.6 Å². The molecule has 1 aromatic carbocycles. The molecule has 0 radical (unpaired) electrons. The fourth-order valence-electron chi connectivity index (χ4n) is 4.84. The second kappa shape index (κ2) is 8.21. The summed E-state index contributed by atoms with van der Waals surface area (Å²) in [4.78, 5) is 25.2. The lowest BCUT2D eigenvalue weighted by Gasteiger charge is -2.40. The zero-order chi connectivity index (χ0) is 20.7. The molecule has 1 aliphatic carbocycles. The van der Waals surface area contributed by atoms with Crippen LogP contribution < -0.4 is 5.56 Å². The van der Waals surface area contributed by atoms with Crippen molar-refractivity contribution in [1.82, 2.24) is 19.4 Å². The Morgan fingerprint density at radius 2 is 1.93 bits per heavy atom. The van der Waals surface area contributed by atoms with Gasteiger partial charge >= 0.3 is 0 Å². The average Bonchev–Trinajstić information content (AvgIpc) is 3.15. The molecule has 30 heavy (non-hydrogen) atoms. The van der Waals surface area contributed by atoms with Gasteiger partial charge in [-0.15, -0.1) is 11.3 Å². The van der Waals surface area contributed by atoms with E-state index in [0.717, 1.165) is 67.8 Å². The standard InChI is InChI=1S/C23H27FN4OS/c1-2-26-9-11-27(12-10-26)18-7-8-19-20(13-18)30-22-21(19)23(29)28(15-25-22)14-16-3-5-17(24)6-4-16/h3-6,15,18H,2,7-14H2,1H3/t18-/m0/s1. The Morgan fingerprint density at radius 3 is 2.67 bits per heavy atom. The van der Waals surface area contributed by atoms with E-state index in [0.29, 0.717) is 12.6 Å². The van der Waals surface area contributed by atoms with Crippen molar-refractivity contribution in [1.29, 1.82) is 0 Å². The minimum Gasteiger partial charge on any atom is -0.301 e. The van der Waals surface area contributed by atoms with Crippen LogP contribution in [0.25, 0.3) is 10.2 Å². The first-order valence-electron chi connectivity index (χ1n) is 10.8. The van der Waals surface area contributed by atoms with E-state index < -0.39 is 0 Å². The van der Waals surface area contributed by atoms with Crippen molar-refractivity contribution in [2.75, 3.05) is 32.7 Å². The lowest BCUT2D eigenvalue weighted by atomic mass is 9.91. The first-order valence-corrected chi connectivity index (χ1v) is 11.6. The van der Waals surface area contributed by atoms with E-state index >= 15 is 0 Å². The molecular weight excluding hydrogens is 399 g/mol. The number of benzene rings is 1. The number of rotatable bonds is 4. The highest BCUT2D eigenvalue weighted by Crippen LogP contribution is 2.35. The fourth-order valence-corrected chi connectivity index (χ4v) is 6.09. The van der Waals surface area contributed by atoms with Crippen molar-refractivity contribution in [3.63, 3.8) is 0 Å². The molecule has 0 bridgehead atoms. The molecule has 1 atom stereocenters. The third-order valence-corrected chi connectivity index (χ3v) is 7.81. The average molecular weight is 427 g/mol. The molecule has 1 saturated heterocycles. The number of thiophene rings is 1. The summed E-state index contributed by atoms with van der Waals surface area (Å²) in [7, 11) is 0. The van der Waals surface area contributed by atoms with Gasteiger partial charge in [0.2, 0.25) is 0 Å². The van der Waals surface area contributed by atoms with Gasteiger partial charge in [0.05, 0.1) is 18.3 Å². The zero-order valence-electron chi connectivity index (χ0n) is 17.3. The van der Waals surface area contributed by atoms with Crippen molar-refractivity contribution in [2.45, 2.75) is 38.8 Å². The van der Waals surface area contributed by atoms with Crippen molar-refractivity contribution in [3.05, 3.63) is 62.8 Å². The summed E-state index contributed by atoms with van der Waals surface area (Å²) in [5, 5.41) is 0.800. The first kappa shape index (κ1) is 19.8. The van der Waals surface area contributed by atoms with Crippen LogP contribution >= 0.6 is 11.3 Å². The number of aryl methyl sites for hydroxylation is 1. The molecule has 7 heteroatoms. The second-order valence-electron chi connectivity index (χ2n) is 8.35. The van der Waals surface area contributed by atoms with Crippen LogP contribution in [0.5, 0.6) is 0 Å². The van der Waals surface area contributed by atoms with E-state index in [9.17, 15) is 9.18 Å². The molecule has 0 saturated carbocycles. The van der Waals surface area contributed by atoms with E-state index in [2.05, 4.69) is 21.7 Å². The Balaban J connectivity index is 1.39. The Kier molecular flexibility index (Phi) is 5.43. The molecule has 158 valence electrons. The molecule has 5 rings (SSSR count). The van der Waals surface area contributed by atoms with Crippen molar-refractivity contribution in [2.24, 2.45) is 0 Å². The number of piperazine rings is 1. The zero-order valence-corrected chi connectivity index (χ0v) is 18.1. The number of aromatic nitrogens is 2. The van der Waals surface area contributed by atoms with Gasteiger partial charge in [-0.1, -0.05) is 19.1 Å². The summed E-state index contributed by atoms with van der Waals surface area (Å²) in [6, 6.07) is 6.87. The van der Waals surface area contributed by atoms with Gasteiger partial charge in [-0.3, -0.25) is 14.3 Å². The van der Waals surface area contributed by atoms with Gasteiger partial charge < -0.3 is 4.90 Å². The predicted molar refractivity (Wildman–Crippen MR) is 119 cm³/mol. The Hall–Kier alpha value is -2.09. The van der Waals surface area contributed by atoms with Gasteiger partial charge in [0.25, 0.3) is 5.56 Å². The minimum atomic E-state index is -0.266. The summed E-state index contributed by atoms with van der Waals surface area (Å²) < 4.78 is 14.8. The summed E-state index contributed by atoms with van der Waals surface area (Å²) in [5.41, 5.74) is 2.14. The van der Waals surface area contributed by atoms with Crippen molar-refractivity contribution < 1.29 is 4.39 Å². The van der Waals surface area contributed by atoms with Crippen LogP contribution in [0.4, 0.5) is 4.39 Å². The van der Waals surface area contributed by atoms with E-state index in [4.69, 9.17) is 0 Å². The van der Waals surface area contributed by atoms with Gasteiger partial charge in [-0.2, -0.15) is 0 Å². The molecule has 3 heterocycles. The number of halogens is 1. The number of fused-ring (bicyclic) bond motifs is 3. The SMILES string of the molecule is CCN1CCN([C@H]2CCc3c(sc4ncn(Cc5ccc(F)cc5)c(=O)c34)C2)CC1. The van der Waals surface area contributed by atoms with E-state index in [-0.39, 0.29) is 11.4 Å². The second-order valence-corrected chi connectivity index (χ2v) is 9.44.